The third-order valence-corrected chi connectivity index (χ3v) is 2.55. The molecule has 0 radical (unpaired) electrons. The summed E-state index contributed by atoms with van der Waals surface area (Å²) in [5.74, 6) is 0.408. The molecule has 0 aliphatic heterocycles. The molecule has 1 aromatic carbocycles. The van der Waals surface area contributed by atoms with E-state index in [1.165, 1.54) is 11.1 Å². The topological polar surface area (TPSA) is 20.2 Å². The minimum atomic E-state index is 0.408. The molecule has 0 spiro atoms. The summed E-state index contributed by atoms with van der Waals surface area (Å²) in [5.41, 5.74) is 4.75. The van der Waals surface area contributed by atoms with Gasteiger partial charge >= 0.3 is 0 Å². The first-order valence-electron chi connectivity index (χ1n) is 4.92. The number of aryl methyl sites for hydroxylation is 1. The lowest BCUT2D eigenvalue weighted by Gasteiger charge is -2.07. The largest absolute Gasteiger partial charge is 0.508 e. The van der Waals surface area contributed by atoms with Crippen LogP contribution in [0.15, 0.2) is 29.3 Å². The molecule has 1 aromatic rings. The highest BCUT2D eigenvalue weighted by Gasteiger charge is 2.02. The van der Waals surface area contributed by atoms with Gasteiger partial charge in [0, 0.05) is 0 Å². The maximum atomic E-state index is 9.70. The van der Waals surface area contributed by atoms with Crippen molar-refractivity contribution in [3.63, 3.8) is 0 Å². The summed E-state index contributed by atoms with van der Waals surface area (Å²) in [7, 11) is 0. The van der Waals surface area contributed by atoms with Crippen LogP contribution in [-0.4, -0.2) is 5.11 Å². The molecule has 0 fully saturated rings. The molecule has 14 heavy (non-hydrogen) atoms. The van der Waals surface area contributed by atoms with Crippen LogP contribution in [-0.2, 0) is 6.42 Å². The van der Waals surface area contributed by atoms with Crippen LogP contribution in [0.3, 0.4) is 0 Å². The van der Waals surface area contributed by atoms with Gasteiger partial charge in [-0.2, -0.15) is 0 Å². The van der Waals surface area contributed by atoms with Gasteiger partial charge in [0.25, 0.3) is 0 Å². The van der Waals surface area contributed by atoms with Crippen LogP contribution in [0.25, 0.3) is 0 Å². The molecule has 0 amide bonds. The molecule has 1 nitrogen and oxygen atoms in total. The first-order valence-corrected chi connectivity index (χ1v) is 4.92. The molecule has 0 saturated heterocycles. The second kappa shape index (κ2) is 4.32. The van der Waals surface area contributed by atoms with E-state index in [1.807, 2.05) is 25.1 Å². The fraction of sp³-hybridized carbons (Fsp3) is 0.385. The zero-order valence-electron chi connectivity index (χ0n) is 9.39. The zero-order valence-corrected chi connectivity index (χ0v) is 9.39. The number of allylic oxidation sites excluding steroid dienone is 2. The number of benzene rings is 1. The minimum Gasteiger partial charge on any atom is -0.508 e. The van der Waals surface area contributed by atoms with Gasteiger partial charge in [-0.3, -0.25) is 0 Å². The molecule has 1 rings (SSSR count). The van der Waals surface area contributed by atoms with E-state index in [0.29, 0.717) is 5.75 Å². The summed E-state index contributed by atoms with van der Waals surface area (Å²) in [6.07, 6.45) is 0.842. The van der Waals surface area contributed by atoms with Gasteiger partial charge in [0.1, 0.15) is 5.75 Å². The molecular formula is C13H18O. The average Bonchev–Trinajstić information content (AvgIpc) is 2.09. The molecule has 0 heterocycles. The fourth-order valence-corrected chi connectivity index (χ4v) is 1.29. The summed E-state index contributed by atoms with van der Waals surface area (Å²) >= 11 is 0. The first kappa shape index (κ1) is 10.8. The monoisotopic (exact) mass is 190 g/mol. The summed E-state index contributed by atoms with van der Waals surface area (Å²) in [6, 6.07) is 5.85. The smallest absolute Gasteiger partial charge is 0.119 e. The summed E-state index contributed by atoms with van der Waals surface area (Å²) < 4.78 is 0. The van der Waals surface area contributed by atoms with E-state index in [4.69, 9.17) is 0 Å². The Labute approximate surface area is 86.1 Å². The quantitative estimate of drug-likeness (QED) is 0.706. The Kier molecular flexibility index (Phi) is 3.34. The molecule has 0 bridgehead atoms. The second-order valence-corrected chi connectivity index (χ2v) is 4.09. The lowest BCUT2D eigenvalue weighted by molar-refractivity contribution is 0.469. The predicted octanol–water partition coefficient (Wildman–Crippen LogP) is 3.60. The van der Waals surface area contributed by atoms with Crippen molar-refractivity contribution in [2.75, 3.05) is 0 Å². The van der Waals surface area contributed by atoms with Gasteiger partial charge in [-0.1, -0.05) is 23.3 Å². The second-order valence-electron chi connectivity index (χ2n) is 4.09. The van der Waals surface area contributed by atoms with Crippen molar-refractivity contribution in [3.05, 3.63) is 40.5 Å². The summed E-state index contributed by atoms with van der Waals surface area (Å²) in [4.78, 5) is 0. The highest BCUT2D eigenvalue weighted by atomic mass is 16.3. The molecule has 0 aliphatic carbocycles. The maximum absolute atomic E-state index is 9.70. The van der Waals surface area contributed by atoms with Gasteiger partial charge in [-0.25, -0.2) is 0 Å². The summed E-state index contributed by atoms with van der Waals surface area (Å²) in [5, 5.41) is 9.70. The Balaban J connectivity index is 2.93. The van der Waals surface area contributed by atoms with Gasteiger partial charge < -0.3 is 5.11 Å². The standard InChI is InChI=1S/C13H18O/c1-9(2)11(4)8-12-6-5-10(3)7-13(12)14/h5-7,14H,8H2,1-4H3. The number of phenols is 1. The van der Waals surface area contributed by atoms with Crippen molar-refractivity contribution in [1.29, 1.82) is 0 Å². The normalized spacial score (nSPS) is 10.0. The molecule has 76 valence electrons. The highest BCUT2D eigenvalue weighted by Crippen LogP contribution is 2.22. The molecule has 0 aromatic heterocycles. The Morgan fingerprint density at radius 1 is 1.21 bits per heavy atom. The van der Waals surface area contributed by atoms with Gasteiger partial charge in [-0.05, 0) is 51.3 Å². The van der Waals surface area contributed by atoms with Crippen LogP contribution in [0.4, 0.5) is 0 Å². The van der Waals surface area contributed by atoms with E-state index in [9.17, 15) is 5.11 Å². The molecule has 0 unspecified atom stereocenters. The number of rotatable bonds is 2. The SMILES string of the molecule is CC(C)=C(C)Cc1ccc(C)cc1O. The average molecular weight is 190 g/mol. The number of phenolic OH excluding ortho intramolecular Hbond substituents is 1. The lowest BCUT2D eigenvalue weighted by Crippen LogP contribution is -1.90. The van der Waals surface area contributed by atoms with E-state index in [0.717, 1.165) is 17.5 Å². The number of hydrogen-bond acceptors (Lipinski definition) is 1. The van der Waals surface area contributed by atoms with Gasteiger partial charge in [0.05, 0.1) is 0 Å². The molecule has 1 heteroatoms. The van der Waals surface area contributed by atoms with Crippen molar-refractivity contribution in [2.24, 2.45) is 0 Å². The molecule has 0 atom stereocenters. The van der Waals surface area contributed by atoms with Gasteiger partial charge in [-0.15, -0.1) is 0 Å². The highest BCUT2D eigenvalue weighted by molar-refractivity contribution is 5.38. The third kappa shape index (κ3) is 2.63. The Morgan fingerprint density at radius 3 is 2.36 bits per heavy atom. The third-order valence-electron chi connectivity index (χ3n) is 2.55. The lowest BCUT2D eigenvalue weighted by atomic mass is 10.0. The van der Waals surface area contributed by atoms with E-state index in [-0.39, 0.29) is 0 Å². The summed E-state index contributed by atoms with van der Waals surface area (Å²) in [6.45, 7) is 8.28. The maximum Gasteiger partial charge on any atom is 0.119 e. The molecular weight excluding hydrogens is 172 g/mol. The van der Waals surface area contributed by atoms with Gasteiger partial charge in [0.2, 0.25) is 0 Å². The molecule has 0 saturated carbocycles. The van der Waals surface area contributed by atoms with E-state index >= 15 is 0 Å². The van der Waals surface area contributed by atoms with Crippen molar-refractivity contribution >= 4 is 0 Å². The minimum absolute atomic E-state index is 0.408. The van der Waals surface area contributed by atoms with Crippen LogP contribution >= 0.6 is 0 Å². The van der Waals surface area contributed by atoms with Crippen LogP contribution in [0.5, 0.6) is 5.75 Å². The van der Waals surface area contributed by atoms with Crippen molar-refractivity contribution in [2.45, 2.75) is 34.1 Å². The van der Waals surface area contributed by atoms with E-state index < -0.39 is 0 Å². The molecule has 0 aliphatic rings. The first-order chi connectivity index (χ1) is 6.50. The van der Waals surface area contributed by atoms with Gasteiger partial charge in [0.15, 0.2) is 0 Å². The van der Waals surface area contributed by atoms with Crippen LogP contribution in [0, 0.1) is 6.92 Å². The fourth-order valence-electron chi connectivity index (χ4n) is 1.29. The predicted molar refractivity (Wildman–Crippen MR) is 60.6 cm³/mol. The Hall–Kier alpha value is -1.24. The van der Waals surface area contributed by atoms with Crippen molar-refractivity contribution < 1.29 is 5.11 Å². The van der Waals surface area contributed by atoms with Crippen LogP contribution in [0.2, 0.25) is 0 Å². The van der Waals surface area contributed by atoms with Crippen molar-refractivity contribution in [1.82, 2.24) is 0 Å². The number of aromatic hydroxyl groups is 1. The Morgan fingerprint density at radius 2 is 1.86 bits per heavy atom. The molecule has 1 N–H and O–H groups in total. The Bertz CT molecular complexity index is 357. The van der Waals surface area contributed by atoms with Crippen molar-refractivity contribution in [3.8, 4) is 5.75 Å². The van der Waals surface area contributed by atoms with Crippen LogP contribution < -0.4 is 0 Å². The zero-order chi connectivity index (χ0) is 10.7. The van der Waals surface area contributed by atoms with E-state index in [2.05, 4.69) is 20.8 Å². The van der Waals surface area contributed by atoms with Crippen LogP contribution in [0.1, 0.15) is 31.9 Å². The number of hydrogen-bond donors (Lipinski definition) is 1. The van der Waals surface area contributed by atoms with E-state index in [1.54, 1.807) is 0 Å².